The SMILES string of the molecule is Cc1c(N)cc(B(O)O)cc1CC(=O)O. The molecule has 0 fully saturated rings. The zero-order valence-corrected chi connectivity index (χ0v) is 8.27. The van der Waals surface area contributed by atoms with Crippen LogP contribution in [0.4, 0.5) is 5.69 Å². The Bertz CT molecular complexity index is 392. The number of carboxylic acid groups (broad SMARTS) is 1. The summed E-state index contributed by atoms with van der Waals surface area (Å²) in [5.74, 6) is -0.984. The second-order valence-electron chi connectivity index (χ2n) is 3.34. The molecule has 0 aliphatic carbocycles. The van der Waals surface area contributed by atoms with Gasteiger partial charge in [-0.3, -0.25) is 4.79 Å². The van der Waals surface area contributed by atoms with Crippen molar-refractivity contribution < 1.29 is 19.9 Å². The minimum atomic E-state index is -1.64. The molecule has 1 aromatic rings. The lowest BCUT2D eigenvalue weighted by Crippen LogP contribution is -2.31. The summed E-state index contributed by atoms with van der Waals surface area (Å²) in [4.78, 5) is 10.5. The van der Waals surface area contributed by atoms with Gasteiger partial charge in [0, 0.05) is 5.69 Å². The molecule has 1 rings (SSSR count). The zero-order valence-electron chi connectivity index (χ0n) is 8.27. The number of anilines is 1. The first-order valence-electron chi connectivity index (χ1n) is 4.38. The van der Waals surface area contributed by atoms with E-state index < -0.39 is 13.1 Å². The number of nitrogen functional groups attached to an aromatic ring is 1. The second-order valence-corrected chi connectivity index (χ2v) is 3.34. The summed E-state index contributed by atoms with van der Waals surface area (Å²) in [5.41, 5.74) is 7.33. The van der Waals surface area contributed by atoms with Gasteiger partial charge < -0.3 is 20.9 Å². The van der Waals surface area contributed by atoms with E-state index in [0.717, 1.165) is 0 Å². The number of rotatable bonds is 3. The van der Waals surface area contributed by atoms with Crippen LogP contribution >= 0.6 is 0 Å². The molecule has 5 N–H and O–H groups in total. The molecule has 1 aromatic carbocycles. The number of nitrogens with two attached hydrogens (primary N) is 1. The predicted molar refractivity (Wildman–Crippen MR) is 56.8 cm³/mol. The van der Waals surface area contributed by atoms with Gasteiger partial charge in [0.2, 0.25) is 0 Å². The van der Waals surface area contributed by atoms with Crippen LogP contribution in [-0.2, 0) is 11.2 Å². The standard InChI is InChI=1S/C9H12BNO4/c1-5-6(3-9(12)13)2-7(10(14)15)4-8(5)11/h2,4,14-15H,3,11H2,1H3,(H,12,13). The molecule has 0 radical (unpaired) electrons. The fourth-order valence-corrected chi connectivity index (χ4v) is 1.32. The van der Waals surface area contributed by atoms with E-state index in [2.05, 4.69) is 0 Å². The van der Waals surface area contributed by atoms with E-state index in [1.807, 2.05) is 0 Å². The van der Waals surface area contributed by atoms with E-state index >= 15 is 0 Å². The third kappa shape index (κ3) is 2.71. The molecule has 80 valence electrons. The second kappa shape index (κ2) is 4.33. The maximum atomic E-state index is 10.5. The number of aliphatic carboxylic acids is 1. The van der Waals surface area contributed by atoms with Crippen LogP contribution in [0.5, 0.6) is 0 Å². The van der Waals surface area contributed by atoms with Crippen LogP contribution < -0.4 is 11.2 Å². The molecule has 0 unspecified atom stereocenters. The molecule has 6 heteroatoms. The van der Waals surface area contributed by atoms with Crippen LogP contribution in [0.3, 0.4) is 0 Å². The highest BCUT2D eigenvalue weighted by atomic mass is 16.4. The smallest absolute Gasteiger partial charge is 0.481 e. The van der Waals surface area contributed by atoms with Gasteiger partial charge in [-0.1, -0.05) is 6.07 Å². The van der Waals surface area contributed by atoms with Crippen LogP contribution in [0, 0.1) is 6.92 Å². The predicted octanol–water partition coefficient (Wildman–Crippen LogP) is -1.12. The summed E-state index contributed by atoms with van der Waals surface area (Å²) < 4.78 is 0. The minimum absolute atomic E-state index is 0.184. The number of hydrogen-bond donors (Lipinski definition) is 4. The van der Waals surface area contributed by atoms with E-state index in [-0.39, 0.29) is 11.9 Å². The molecule has 15 heavy (non-hydrogen) atoms. The molecule has 0 aliphatic heterocycles. The molecule has 0 saturated heterocycles. The topological polar surface area (TPSA) is 104 Å². The Morgan fingerprint density at radius 2 is 2.07 bits per heavy atom. The summed E-state index contributed by atoms with van der Waals surface area (Å²) in [7, 11) is -1.64. The Labute approximate surface area is 87.3 Å². The number of benzene rings is 1. The molecule has 5 nitrogen and oxygen atoms in total. The molecule has 0 atom stereocenters. The molecule has 0 heterocycles. The lowest BCUT2D eigenvalue weighted by Gasteiger charge is -2.09. The third-order valence-corrected chi connectivity index (χ3v) is 2.22. The van der Waals surface area contributed by atoms with Crippen LogP contribution in [0.1, 0.15) is 11.1 Å². The highest BCUT2D eigenvalue weighted by Crippen LogP contribution is 2.15. The average Bonchev–Trinajstić information content (AvgIpc) is 2.11. The van der Waals surface area contributed by atoms with E-state index in [1.54, 1.807) is 6.92 Å². The van der Waals surface area contributed by atoms with E-state index in [0.29, 0.717) is 16.8 Å². The summed E-state index contributed by atoms with van der Waals surface area (Å²) in [5, 5.41) is 26.5. The van der Waals surface area contributed by atoms with E-state index in [4.69, 9.17) is 20.9 Å². The summed E-state index contributed by atoms with van der Waals surface area (Å²) >= 11 is 0. The summed E-state index contributed by atoms with van der Waals surface area (Å²) in [6, 6.07) is 2.86. The molecular formula is C9H12BNO4. The van der Waals surface area contributed by atoms with Gasteiger partial charge in [-0.25, -0.2) is 0 Å². The van der Waals surface area contributed by atoms with Crippen molar-refractivity contribution >= 4 is 24.2 Å². The van der Waals surface area contributed by atoms with Crippen molar-refractivity contribution in [2.24, 2.45) is 0 Å². The summed E-state index contributed by atoms with van der Waals surface area (Å²) in [6.07, 6.45) is -0.184. The maximum absolute atomic E-state index is 10.5. The number of carboxylic acids is 1. The third-order valence-electron chi connectivity index (χ3n) is 2.22. The van der Waals surface area contributed by atoms with Crippen molar-refractivity contribution in [1.82, 2.24) is 0 Å². The lowest BCUT2D eigenvalue weighted by molar-refractivity contribution is -0.136. The maximum Gasteiger partial charge on any atom is 0.488 e. The van der Waals surface area contributed by atoms with Gasteiger partial charge in [-0.2, -0.15) is 0 Å². The molecule has 0 spiro atoms. The van der Waals surface area contributed by atoms with Gasteiger partial charge in [-0.05, 0) is 29.6 Å². The minimum Gasteiger partial charge on any atom is -0.481 e. The first kappa shape index (κ1) is 11.5. The normalized spacial score (nSPS) is 10.1. The Hall–Kier alpha value is -1.53. The highest BCUT2D eigenvalue weighted by Gasteiger charge is 2.15. The Balaban J connectivity index is 3.18. The van der Waals surface area contributed by atoms with Gasteiger partial charge in [0.1, 0.15) is 0 Å². The Morgan fingerprint density at radius 1 is 1.47 bits per heavy atom. The van der Waals surface area contributed by atoms with E-state index in [9.17, 15) is 4.79 Å². The first-order valence-corrected chi connectivity index (χ1v) is 4.38. The monoisotopic (exact) mass is 209 g/mol. The van der Waals surface area contributed by atoms with Crippen molar-refractivity contribution in [3.63, 3.8) is 0 Å². The quantitative estimate of drug-likeness (QED) is 0.373. The van der Waals surface area contributed by atoms with Gasteiger partial charge in [-0.15, -0.1) is 0 Å². The fraction of sp³-hybridized carbons (Fsp3) is 0.222. The van der Waals surface area contributed by atoms with Crippen molar-refractivity contribution in [3.05, 3.63) is 23.3 Å². The molecule has 0 aliphatic rings. The summed E-state index contributed by atoms with van der Waals surface area (Å²) in [6.45, 7) is 1.70. The van der Waals surface area contributed by atoms with Crippen molar-refractivity contribution in [1.29, 1.82) is 0 Å². The highest BCUT2D eigenvalue weighted by molar-refractivity contribution is 6.58. The van der Waals surface area contributed by atoms with Gasteiger partial charge >= 0.3 is 13.1 Å². The molecule has 0 amide bonds. The molecule has 0 bridgehead atoms. The molecular weight excluding hydrogens is 197 g/mol. The van der Waals surface area contributed by atoms with Crippen LogP contribution in [0.25, 0.3) is 0 Å². The van der Waals surface area contributed by atoms with Gasteiger partial charge in [0.25, 0.3) is 0 Å². The Kier molecular flexibility index (Phi) is 3.33. The van der Waals surface area contributed by atoms with Crippen molar-refractivity contribution in [2.45, 2.75) is 13.3 Å². The number of carbonyl (C=O) groups is 1. The van der Waals surface area contributed by atoms with Crippen LogP contribution in [0.15, 0.2) is 12.1 Å². The van der Waals surface area contributed by atoms with Crippen molar-refractivity contribution in [2.75, 3.05) is 5.73 Å². The number of hydrogen-bond acceptors (Lipinski definition) is 4. The molecule has 0 aromatic heterocycles. The van der Waals surface area contributed by atoms with E-state index in [1.165, 1.54) is 12.1 Å². The van der Waals surface area contributed by atoms with Crippen molar-refractivity contribution in [3.8, 4) is 0 Å². The zero-order chi connectivity index (χ0) is 11.6. The van der Waals surface area contributed by atoms with Crippen LogP contribution in [-0.4, -0.2) is 28.2 Å². The van der Waals surface area contributed by atoms with Gasteiger partial charge in [0.15, 0.2) is 0 Å². The first-order chi connectivity index (χ1) is 6.91. The van der Waals surface area contributed by atoms with Gasteiger partial charge in [0.05, 0.1) is 6.42 Å². The lowest BCUT2D eigenvalue weighted by atomic mass is 9.78. The average molecular weight is 209 g/mol. The fourth-order valence-electron chi connectivity index (χ4n) is 1.32. The van der Waals surface area contributed by atoms with Crippen LogP contribution in [0.2, 0.25) is 0 Å². The largest absolute Gasteiger partial charge is 0.488 e. The molecule has 0 saturated carbocycles. The Morgan fingerprint density at radius 3 is 2.53 bits per heavy atom.